The minimum absolute atomic E-state index is 0.277. The molecule has 0 radical (unpaired) electrons. The Labute approximate surface area is 168 Å². The molecule has 6 nitrogen and oxygen atoms in total. The summed E-state index contributed by atoms with van der Waals surface area (Å²) in [6.45, 7) is 7.91. The summed E-state index contributed by atoms with van der Waals surface area (Å²) in [5.41, 5.74) is 6.22. The lowest BCUT2D eigenvalue weighted by molar-refractivity contribution is -0.115. The van der Waals surface area contributed by atoms with Crippen molar-refractivity contribution in [3.63, 3.8) is 0 Å². The molecule has 1 aromatic heterocycles. The molecule has 0 aliphatic carbocycles. The maximum atomic E-state index is 12.1. The quantitative estimate of drug-likeness (QED) is 0.398. The van der Waals surface area contributed by atoms with Gasteiger partial charge in [-0.2, -0.15) is 0 Å². The number of halogens is 1. The summed E-state index contributed by atoms with van der Waals surface area (Å²) in [7, 11) is 0.438. The Balaban J connectivity index is 0.00000176. The van der Waals surface area contributed by atoms with E-state index in [1.165, 1.54) is 5.01 Å². The summed E-state index contributed by atoms with van der Waals surface area (Å²) in [6, 6.07) is 7.54. The SMILES string of the molecule is CC.CCc1ccc(Nc2cc(Cl)nc(NN(C)C=O)c2C)c(S(C)=O)c1. The van der Waals surface area contributed by atoms with Crippen molar-refractivity contribution in [3.05, 3.63) is 40.5 Å². The Hall–Kier alpha value is -2.12. The zero-order valence-corrected chi connectivity index (χ0v) is 18.2. The largest absolute Gasteiger partial charge is 0.354 e. The van der Waals surface area contributed by atoms with Gasteiger partial charge in [-0.05, 0) is 37.1 Å². The molecule has 2 N–H and O–H groups in total. The zero-order chi connectivity index (χ0) is 20.6. The van der Waals surface area contributed by atoms with Crippen LogP contribution in [0.2, 0.25) is 5.15 Å². The van der Waals surface area contributed by atoms with Crippen molar-refractivity contribution in [1.82, 2.24) is 9.99 Å². The molecular formula is C19H27ClN4O2S. The van der Waals surface area contributed by atoms with Crippen LogP contribution in [0.15, 0.2) is 29.2 Å². The van der Waals surface area contributed by atoms with Crippen molar-refractivity contribution < 1.29 is 9.00 Å². The van der Waals surface area contributed by atoms with E-state index >= 15 is 0 Å². The van der Waals surface area contributed by atoms with Gasteiger partial charge in [0.2, 0.25) is 6.41 Å². The van der Waals surface area contributed by atoms with E-state index in [1.807, 2.05) is 39.0 Å². The van der Waals surface area contributed by atoms with Gasteiger partial charge in [0.15, 0.2) is 5.82 Å². The van der Waals surface area contributed by atoms with E-state index in [9.17, 15) is 9.00 Å². The van der Waals surface area contributed by atoms with E-state index in [0.29, 0.717) is 12.2 Å². The minimum Gasteiger partial charge on any atom is -0.354 e. The number of carbonyl (C=O) groups excluding carboxylic acids is 1. The average molecular weight is 411 g/mol. The molecule has 0 bridgehead atoms. The molecule has 1 heterocycles. The number of pyridine rings is 1. The summed E-state index contributed by atoms with van der Waals surface area (Å²) < 4.78 is 12.1. The first kappa shape index (κ1) is 22.9. The van der Waals surface area contributed by atoms with Crippen LogP contribution < -0.4 is 10.7 Å². The third-order valence-corrected chi connectivity index (χ3v) is 4.87. The van der Waals surface area contributed by atoms with Gasteiger partial charge < -0.3 is 5.32 Å². The molecule has 1 aromatic carbocycles. The molecule has 0 aliphatic rings. The topological polar surface area (TPSA) is 74.3 Å². The first-order chi connectivity index (χ1) is 12.8. The number of carbonyl (C=O) groups is 1. The number of anilines is 3. The molecule has 0 spiro atoms. The zero-order valence-electron chi connectivity index (χ0n) is 16.6. The molecule has 27 heavy (non-hydrogen) atoms. The number of rotatable bonds is 7. The van der Waals surface area contributed by atoms with Crippen LogP contribution in [-0.2, 0) is 22.0 Å². The summed E-state index contributed by atoms with van der Waals surface area (Å²) in [5, 5.41) is 4.81. The highest BCUT2D eigenvalue weighted by Crippen LogP contribution is 2.31. The van der Waals surface area contributed by atoms with Crippen LogP contribution in [0.4, 0.5) is 17.2 Å². The van der Waals surface area contributed by atoms with Crippen molar-refractivity contribution in [2.45, 2.75) is 39.0 Å². The summed E-state index contributed by atoms with van der Waals surface area (Å²) in [5.74, 6) is 0.467. The van der Waals surface area contributed by atoms with Gasteiger partial charge >= 0.3 is 0 Å². The van der Waals surface area contributed by atoms with E-state index < -0.39 is 10.8 Å². The molecule has 1 amide bonds. The lowest BCUT2D eigenvalue weighted by atomic mass is 10.1. The second kappa shape index (κ2) is 10.9. The first-order valence-electron chi connectivity index (χ1n) is 8.71. The van der Waals surface area contributed by atoms with E-state index in [1.54, 1.807) is 19.4 Å². The third kappa shape index (κ3) is 6.22. The van der Waals surface area contributed by atoms with Crippen LogP contribution in [0.25, 0.3) is 0 Å². The standard InChI is InChI=1S/C17H21ClN4O2S.C2H6/c1-5-12-6-7-13(15(8-12)25(4)24)19-14-9-16(18)20-17(11(14)2)21-22(3)10-23;1-2/h6-10H,5H2,1-4H3,(H2,19,20,21);1-2H3. The molecule has 2 rings (SSSR count). The van der Waals surface area contributed by atoms with Crippen molar-refractivity contribution in [1.29, 1.82) is 0 Å². The maximum absolute atomic E-state index is 12.1. The van der Waals surface area contributed by atoms with E-state index in [0.717, 1.165) is 33.8 Å². The van der Waals surface area contributed by atoms with Crippen LogP contribution in [0.3, 0.4) is 0 Å². The highest BCUT2D eigenvalue weighted by atomic mass is 35.5. The highest BCUT2D eigenvalue weighted by molar-refractivity contribution is 7.84. The Morgan fingerprint density at radius 1 is 1.26 bits per heavy atom. The number of amides is 1. The van der Waals surface area contributed by atoms with Gasteiger partial charge in [-0.3, -0.25) is 19.4 Å². The van der Waals surface area contributed by atoms with Crippen molar-refractivity contribution in [3.8, 4) is 0 Å². The summed E-state index contributed by atoms with van der Waals surface area (Å²) >= 11 is 6.11. The van der Waals surface area contributed by atoms with Crippen molar-refractivity contribution >= 4 is 46.0 Å². The van der Waals surface area contributed by atoms with Gasteiger partial charge in [-0.15, -0.1) is 0 Å². The lowest BCUT2D eigenvalue weighted by Crippen LogP contribution is -2.24. The van der Waals surface area contributed by atoms with Crippen LogP contribution >= 0.6 is 11.6 Å². The molecule has 0 aliphatic heterocycles. The van der Waals surface area contributed by atoms with E-state index in [-0.39, 0.29) is 5.15 Å². The molecule has 148 valence electrons. The summed E-state index contributed by atoms with van der Waals surface area (Å²) in [4.78, 5) is 15.7. The summed E-state index contributed by atoms with van der Waals surface area (Å²) in [6.07, 6.45) is 3.16. The number of aromatic nitrogens is 1. The Bertz CT molecular complexity index is 815. The smallest absolute Gasteiger partial charge is 0.227 e. The van der Waals surface area contributed by atoms with Gasteiger partial charge in [0.25, 0.3) is 0 Å². The second-order valence-electron chi connectivity index (χ2n) is 5.56. The molecule has 1 atom stereocenters. The van der Waals surface area contributed by atoms with E-state index in [4.69, 9.17) is 11.6 Å². The van der Waals surface area contributed by atoms with Crippen LogP contribution in [-0.4, -0.2) is 33.9 Å². The highest BCUT2D eigenvalue weighted by Gasteiger charge is 2.13. The Morgan fingerprint density at radius 3 is 2.48 bits per heavy atom. The van der Waals surface area contributed by atoms with Crippen molar-refractivity contribution in [2.75, 3.05) is 24.0 Å². The monoisotopic (exact) mass is 410 g/mol. The number of nitrogens with one attached hydrogen (secondary N) is 2. The molecule has 2 aromatic rings. The normalized spacial score (nSPS) is 11.1. The average Bonchev–Trinajstić information content (AvgIpc) is 2.66. The fourth-order valence-electron chi connectivity index (χ4n) is 2.28. The molecule has 1 unspecified atom stereocenters. The predicted molar refractivity (Wildman–Crippen MR) is 114 cm³/mol. The first-order valence-corrected chi connectivity index (χ1v) is 10.6. The van der Waals surface area contributed by atoms with Crippen LogP contribution in [0.1, 0.15) is 31.9 Å². The molecule has 0 saturated heterocycles. The van der Waals surface area contributed by atoms with Gasteiger partial charge in [0.1, 0.15) is 5.15 Å². The lowest BCUT2D eigenvalue weighted by Gasteiger charge is -2.19. The molecule has 0 fully saturated rings. The number of aryl methyl sites for hydroxylation is 1. The maximum Gasteiger partial charge on any atom is 0.227 e. The van der Waals surface area contributed by atoms with Gasteiger partial charge in [0.05, 0.1) is 21.4 Å². The van der Waals surface area contributed by atoms with Crippen LogP contribution in [0, 0.1) is 6.92 Å². The van der Waals surface area contributed by atoms with Crippen LogP contribution in [0.5, 0.6) is 0 Å². The second-order valence-corrected chi connectivity index (χ2v) is 7.29. The third-order valence-electron chi connectivity index (χ3n) is 3.71. The number of benzene rings is 1. The van der Waals surface area contributed by atoms with Gasteiger partial charge in [-0.1, -0.05) is 38.4 Å². The number of hydrogen-bond donors (Lipinski definition) is 2. The molecule has 8 heteroatoms. The van der Waals surface area contributed by atoms with Gasteiger partial charge in [-0.25, -0.2) is 4.98 Å². The number of nitrogens with zero attached hydrogens (tertiary/aromatic N) is 2. The fourth-order valence-corrected chi connectivity index (χ4v) is 3.22. The molecule has 0 saturated carbocycles. The minimum atomic E-state index is -1.14. The van der Waals surface area contributed by atoms with Gasteiger partial charge in [0, 0.05) is 24.6 Å². The fraction of sp³-hybridized carbons (Fsp3) is 0.368. The van der Waals surface area contributed by atoms with E-state index in [2.05, 4.69) is 22.7 Å². The number of hydrogen-bond acceptors (Lipinski definition) is 5. The Kier molecular flexibility index (Phi) is 9.25. The Morgan fingerprint density at radius 2 is 1.93 bits per heavy atom. The predicted octanol–water partition coefficient (Wildman–Crippen LogP) is 4.53. The molecular weight excluding hydrogens is 384 g/mol. The van der Waals surface area contributed by atoms with Crippen molar-refractivity contribution in [2.24, 2.45) is 0 Å². The number of hydrazine groups is 1.